The summed E-state index contributed by atoms with van der Waals surface area (Å²) in [5.41, 5.74) is 9.18. The van der Waals surface area contributed by atoms with Crippen LogP contribution in [0.4, 0.5) is 10.8 Å². The largest absolute Gasteiger partial charge is 0.387 e. The minimum atomic E-state index is -0.480. The minimum absolute atomic E-state index is 0.112. The van der Waals surface area contributed by atoms with Crippen LogP contribution < -0.4 is 11.1 Å². The molecule has 2 aromatic carbocycles. The SMILES string of the molecule is Nc1nc(CC(=O)Nc2ccc(CN3CCC[C@@H]3[C@H](O)c3ccccc3)cc2)cs1. The zero-order valence-electron chi connectivity index (χ0n) is 16.7. The number of carbonyl (C=O) groups is 1. The lowest BCUT2D eigenvalue weighted by molar-refractivity contribution is -0.115. The van der Waals surface area contributed by atoms with E-state index in [0.717, 1.165) is 42.7 Å². The molecular formula is C23H26N4O2S. The number of amides is 1. The van der Waals surface area contributed by atoms with Crippen molar-refractivity contribution in [3.05, 3.63) is 76.8 Å². The molecule has 6 nitrogen and oxygen atoms in total. The molecule has 4 N–H and O–H groups in total. The first kappa shape index (κ1) is 20.5. The molecule has 4 rings (SSSR count). The summed E-state index contributed by atoms with van der Waals surface area (Å²) in [6.07, 6.45) is 1.81. The second kappa shape index (κ2) is 9.38. The number of aliphatic hydroxyl groups is 1. The van der Waals surface area contributed by atoms with Gasteiger partial charge in [-0.3, -0.25) is 9.69 Å². The van der Waals surface area contributed by atoms with Gasteiger partial charge in [0.05, 0.1) is 18.2 Å². The first-order valence-electron chi connectivity index (χ1n) is 10.1. The van der Waals surface area contributed by atoms with Crippen molar-refractivity contribution in [3.63, 3.8) is 0 Å². The lowest BCUT2D eigenvalue weighted by atomic mass is 10.00. The Balaban J connectivity index is 1.34. The Morgan fingerprint density at radius 1 is 1.23 bits per heavy atom. The Hall–Kier alpha value is -2.74. The van der Waals surface area contributed by atoms with Crippen LogP contribution in [0.3, 0.4) is 0 Å². The summed E-state index contributed by atoms with van der Waals surface area (Å²) in [7, 11) is 0. The topological polar surface area (TPSA) is 91.5 Å². The third-order valence-corrected chi connectivity index (χ3v) is 6.18. The van der Waals surface area contributed by atoms with Gasteiger partial charge in [-0.1, -0.05) is 42.5 Å². The van der Waals surface area contributed by atoms with Crippen LogP contribution in [0, 0.1) is 0 Å². The molecule has 1 saturated heterocycles. The average molecular weight is 423 g/mol. The van der Waals surface area contributed by atoms with Gasteiger partial charge in [0.25, 0.3) is 0 Å². The Kier molecular flexibility index (Phi) is 6.42. The van der Waals surface area contributed by atoms with Gasteiger partial charge in [0, 0.05) is 23.7 Å². The quantitative estimate of drug-likeness (QED) is 0.541. The van der Waals surface area contributed by atoms with E-state index in [1.54, 1.807) is 5.38 Å². The van der Waals surface area contributed by atoms with Gasteiger partial charge in [-0.15, -0.1) is 11.3 Å². The maximum atomic E-state index is 12.2. The van der Waals surface area contributed by atoms with Crippen molar-refractivity contribution >= 4 is 28.1 Å². The standard InChI is InChI=1S/C23H26N4O2S/c24-23-26-19(15-30-23)13-21(28)25-18-10-8-16(9-11-18)14-27-12-4-7-20(27)22(29)17-5-2-1-3-6-17/h1-3,5-6,8-11,15,20,22,29H,4,7,12-14H2,(H2,24,26)(H,25,28)/t20-,22-/m1/s1. The van der Waals surface area contributed by atoms with E-state index < -0.39 is 6.10 Å². The fourth-order valence-corrected chi connectivity index (χ4v) is 4.54. The molecule has 156 valence electrons. The monoisotopic (exact) mass is 422 g/mol. The van der Waals surface area contributed by atoms with Gasteiger partial charge in [-0.05, 0) is 42.6 Å². The van der Waals surface area contributed by atoms with Crippen LogP contribution in [-0.4, -0.2) is 33.5 Å². The summed E-state index contributed by atoms with van der Waals surface area (Å²) < 4.78 is 0. The first-order chi connectivity index (χ1) is 14.6. The molecular weight excluding hydrogens is 396 g/mol. The number of hydrogen-bond donors (Lipinski definition) is 3. The summed E-state index contributed by atoms with van der Waals surface area (Å²) in [6.45, 7) is 1.75. The van der Waals surface area contributed by atoms with Crippen molar-refractivity contribution in [1.82, 2.24) is 9.88 Å². The highest BCUT2D eigenvalue weighted by Crippen LogP contribution is 2.30. The van der Waals surface area contributed by atoms with Gasteiger partial charge in [0.2, 0.25) is 5.91 Å². The predicted octanol–water partition coefficient (Wildman–Crippen LogP) is 3.60. The second-order valence-corrected chi connectivity index (χ2v) is 8.52. The molecule has 2 atom stereocenters. The van der Waals surface area contributed by atoms with E-state index in [2.05, 4.69) is 15.2 Å². The molecule has 1 amide bonds. The number of thiazole rings is 1. The lowest BCUT2D eigenvalue weighted by Crippen LogP contribution is -2.34. The number of anilines is 2. The molecule has 0 saturated carbocycles. The third kappa shape index (κ3) is 5.05. The highest BCUT2D eigenvalue weighted by Gasteiger charge is 2.31. The number of aliphatic hydroxyl groups excluding tert-OH is 1. The van der Waals surface area contributed by atoms with Crippen molar-refractivity contribution in [3.8, 4) is 0 Å². The molecule has 1 aliphatic rings. The highest BCUT2D eigenvalue weighted by atomic mass is 32.1. The lowest BCUT2D eigenvalue weighted by Gasteiger charge is -2.29. The van der Waals surface area contributed by atoms with E-state index in [1.165, 1.54) is 11.3 Å². The molecule has 7 heteroatoms. The Morgan fingerprint density at radius 3 is 2.70 bits per heavy atom. The van der Waals surface area contributed by atoms with Crippen LogP contribution in [0.25, 0.3) is 0 Å². The van der Waals surface area contributed by atoms with Crippen LogP contribution in [0.2, 0.25) is 0 Å². The first-order valence-corrected chi connectivity index (χ1v) is 11.0. The Bertz CT molecular complexity index is 974. The van der Waals surface area contributed by atoms with Crippen LogP contribution in [0.5, 0.6) is 0 Å². The number of nitrogens with two attached hydrogens (primary N) is 1. The summed E-state index contributed by atoms with van der Waals surface area (Å²) in [5.74, 6) is -0.112. The maximum Gasteiger partial charge on any atom is 0.230 e. The third-order valence-electron chi connectivity index (χ3n) is 5.45. The van der Waals surface area contributed by atoms with E-state index in [4.69, 9.17) is 5.73 Å². The number of nitrogens with one attached hydrogen (secondary N) is 1. The smallest absolute Gasteiger partial charge is 0.230 e. The van der Waals surface area contributed by atoms with E-state index in [9.17, 15) is 9.90 Å². The fourth-order valence-electron chi connectivity index (χ4n) is 3.98. The number of rotatable bonds is 7. The molecule has 1 fully saturated rings. The van der Waals surface area contributed by atoms with Gasteiger partial charge >= 0.3 is 0 Å². The summed E-state index contributed by atoms with van der Waals surface area (Å²) in [6, 6.07) is 17.9. The summed E-state index contributed by atoms with van der Waals surface area (Å²) in [5, 5.41) is 16.0. The van der Waals surface area contributed by atoms with Crippen molar-refractivity contribution in [2.45, 2.75) is 38.0 Å². The number of nitrogens with zero attached hydrogens (tertiary/aromatic N) is 2. The van der Waals surface area contributed by atoms with Gasteiger partial charge in [0.15, 0.2) is 5.13 Å². The summed E-state index contributed by atoms with van der Waals surface area (Å²) in [4.78, 5) is 18.6. The molecule has 0 aliphatic carbocycles. The van der Waals surface area contributed by atoms with Crippen molar-refractivity contribution in [2.24, 2.45) is 0 Å². The average Bonchev–Trinajstić information content (AvgIpc) is 3.38. The number of likely N-dealkylation sites (tertiary alicyclic amines) is 1. The minimum Gasteiger partial charge on any atom is -0.387 e. The molecule has 1 aromatic heterocycles. The normalized spacial score (nSPS) is 17.7. The molecule has 0 spiro atoms. The van der Waals surface area contributed by atoms with Crippen molar-refractivity contribution in [2.75, 3.05) is 17.6 Å². The van der Waals surface area contributed by atoms with Crippen LogP contribution >= 0.6 is 11.3 Å². The van der Waals surface area contributed by atoms with Crippen molar-refractivity contribution in [1.29, 1.82) is 0 Å². The van der Waals surface area contributed by atoms with E-state index >= 15 is 0 Å². The maximum absolute atomic E-state index is 12.2. The van der Waals surface area contributed by atoms with Gasteiger partial charge < -0.3 is 16.2 Å². The molecule has 3 aromatic rings. The van der Waals surface area contributed by atoms with Crippen molar-refractivity contribution < 1.29 is 9.90 Å². The van der Waals surface area contributed by atoms with Gasteiger partial charge in [0.1, 0.15) is 0 Å². The number of carbonyl (C=O) groups excluding carboxylic acids is 1. The van der Waals surface area contributed by atoms with E-state index in [1.807, 2.05) is 54.6 Å². The van der Waals surface area contributed by atoms with Crippen LogP contribution in [0.15, 0.2) is 60.0 Å². The predicted molar refractivity (Wildman–Crippen MR) is 120 cm³/mol. The highest BCUT2D eigenvalue weighted by molar-refractivity contribution is 7.13. The zero-order valence-corrected chi connectivity index (χ0v) is 17.5. The van der Waals surface area contributed by atoms with E-state index in [-0.39, 0.29) is 18.4 Å². The van der Waals surface area contributed by atoms with Gasteiger partial charge in [-0.2, -0.15) is 0 Å². The second-order valence-electron chi connectivity index (χ2n) is 7.63. The molecule has 0 unspecified atom stereocenters. The number of nitrogen functional groups attached to an aromatic ring is 1. The number of benzene rings is 2. The van der Waals surface area contributed by atoms with Gasteiger partial charge in [-0.25, -0.2) is 4.98 Å². The molecule has 0 radical (unpaired) electrons. The molecule has 0 bridgehead atoms. The number of hydrogen-bond acceptors (Lipinski definition) is 6. The molecule has 2 heterocycles. The Labute approximate surface area is 180 Å². The van der Waals surface area contributed by atoms with Crippen LogP contribution in [0.1, 0.15) is 35.8 Å². The molecule has 1 aliphatic heterocycles. The fraction of sp³-hybridized carbons (Fsp3) is 0.304. The summed E-state index contributed by atoms with van der Waals surface area (Å²) >= 11 is 1.33. The number of aromatic nitrogens is 1. The molecule has 30 heavy (non-hydrogen) atoms. The zero-order chi connectivity index (χ0) is 20.9. The van der Waals surface area contributed by atoms with E-state index in [0.29, 0.717) is 10.8 Å². The Morgan fingerprint density at radius 2 is 2.00 bits per heavy atom. The van der Waals surface area contributed by atoms with Crippen LogP contribution in [-0.2, 0) is 17.8 Å².